The van der Waals surface area contributed by atoms with E-state index in [1.54, 1.807) is 18.2 Å². The summed E-state index contributed by atoms with van der Waals surface area (Å²) in [5.41, 5.74) is 0.356. The second-order valence-electron chi connectivity index (χ2n) is 10.2. The molecule has 2 aliphatic rings. The van der Waals surface area contributed by atoms with Gasteiger partial charge in [-0.3, -0.25) is 4.98 Å². The minimum atomic E-state index is -3.66. The molecular weight excluding hydrogens is 556 g/mol. The van der Waals surface area contributed by atoms with Crippen LogP contribution < -0.4 is 14.8 Å². The van der Waals surface area contributed by atoms with Gasteiger partial charge in [0.1, 0.15) is 23.4 Å². The van der Waals surface area contributed by atoms with Gasteiger partial charge in [-0.1, -0.05) is 24.3 Å². The topological polar surface area (TPSA) is 147 Å². The van der Waals surface area contributed by atoms with Crippen molar-refractivity contribution >= 4 is 30.9 Å². The summed E-state index contributed by atoms with van der Waals surface area (Å²) < 4.78 is 66.0. The molecule has 1 aromatic heterocycles. The number of rotatable bonds is 10. The van der Waals surface area contributed by atoms with Gasteiger partial charge in [0, 0.05) is 43.3 Å². The molecule has 1 spiro atoms. The number of ether oxygens (including phenoxy) is 2. The normalized spacial score (nSPS) is 20.6. The number of para-hydroxylation sites is 1. The van der Waals surface area contributed by atoms with E-state index in [1.165, 1.54) is 29.7 Å². The molecule has 0 saturated carbocycles. The highest BCUT2D eigenvalue weighted by Crippen LogP contribution is 2.37. The second-order valence-corrected chi connectivity index (χ2v) is 14.0. The molecule has 216 valence electrons. The van der Waals surface area contributed by atoms with Crippen molar-refractivity contribution in [2.24, 2.45) is 0 Å². The maximum atomic E-state index is 13.3. The Morgan fingerprint density at radius 3 is 2.65 bits per heavy atom. The molecule has 0 unspecified atom stereocenters. The predicted molar refractivity (Wildman–Crippen MR) is 149 cm³/mol. The van der Waals surface area contributed by atoms with Gasteiger partial charge in [0.15, 0.2) is 0 Å². The molecule has 3 heterocycles. The number of piperidine rings is 1. The lowest BCUT2D eigenvalue weighted by Crippen LogP contribution is -2.47. The number of nitrogens with one attached hydrogen (secondary N) is 2. The molecule has 13 heteroatoms. The molecule has 0 radical (unpaired) electrons. The Balaban J connectivity index is 1.09. The molecule has 0 amide bonds. The first-order chi connectivity index (χ1) is 19.1. The van der Waals surface area contributed by atoms with Gasteiger partial charge in [0.05, 0.1) is 22.6 Å². The third kappa shape index (κ3) is 6.30. The third-order valence-electron chi connectivity index (χ3n) is 7.51. The zero-order chi connectivity index (χ0) is 28.4. The number of benzene rings is 2. The Kier molecular flexibility index (Phi) is 8.43. The average Bonchev–Trinajstić information content (AvgIpc) is 3.37. The Bertz CT molecular complexity index is 1560. The van der Waals surface area contributed by atoms with Crippen LogP contribution in [0.4, 0.5) is 0 Å². The van der Waals surface area contributed by atoms with E-state index >= 15 is 0 Å². The summed E-state index contributed by atoms with van der Waals surface area (Å²) in [6.07, 6.45) is 2.50. The summed E-state index contributed by atoms with van der Waals surface area (Å²) in [4.78, 5) is 4.59. The highest BCUT2D eigenvalue weighted by Gasteiger charge is 2.44. The van der Waals surface area contributed by atoms with E-state index in [0.29, 0.717) is 38.3 Å². The van der Waals surface area contributed by atoms with Gasteiger partial charge in [0.25, 0.3) is 0 Å². The van der Waals surface area contributed by atoms with Crippen LogP contribution in [0, 0.1) is 0 Å². The maximum Gasteiger partial charge on any atom is 0.244 e. The van der Waals surface area contributed by atoms with Gasteiger partial charge in [-0.15, -0.1) is 0 Å². The molecule has 40 heavy (non-hydrogen) atoms. The van der Waals surface area contributed by atoms with Crippen LogP contribution in [0.5, 0.6) is 5.75 Å². The van der Waals surface area contributed by atoms with Gasteiger partial charge in [-0.25, -0.2) is 21.6 Å². The third-order valence-corrected chi connectivity index (χ3v) is 10.8. The van der Waals surface area contributed by atoms with E-state index in [1.807, 2.05) is 24.3 Å². The van der Waals surface area contributed by atoms with Crippen molar-refractivity contribution in [2.75, 3.05) is 39.9 Å². The number of aliphatic hydroxyl groups excluding tert-OH is 1. The number of fused-ring (bicyclic) bond motifs is 1. The smallest absolute Gasteiger partial charge is 0.244 e. The van der Waals surface area contributed by atoms with Gasteiger partial charge < -0.3 is 19.9 Å². The van der Waals surface area contributed by atoms with Crippen molar-refractivity contribution in [1.29, 1.82) is 0 Å². The molecular formula is C27H34N4O7S2. The molecule has 0 aliphatic carbocycles. The number of hydrogen-bond acceptors (Lipinski definition) is 9. The summed E-state index contributed by atoms with van der Waals surface area (Å²) in [6.45, 7) is 1.46. The Labute approximate surface area is 234 Å². The first-order valence-corrected chi connectivity index (χ1v) is 16.1. The first kappa shape index (κ1) is 28.9. The van der Waals surface area contributed by atoms with Crippen LogP contribution in [0.25, 0.3) is 10.9 Å². The molecule has 2 atom stereocenters. The fourth-order valence-corrected chi connectivity index (χ4v) is 7.39. The second kappa shape index (κ2) is 11.7. The van der Waals surface area contributed by atoms with Crippen LogP contribution in [-0.4, -0.2) is 88.9 Å². The summed E-state index contributed by atoms with van der Waals surface area (Å²) in [7, 11) is -5.91. The molecule has 2 aliphatic heterocycles. The molecule has 2 aromatic carbocycles. The highest BCUT2D eigenvalue weighted by atomic mass is 32.2. The lowest BCUT2D eigenvalue weighted by molar-refractivity contribution is -0.0312. The van der Waals surface area contributed by atoms with Gasteiger partial charge in [-0.05, 0) is 50.6 Å². The molecule has 2 saturated heterocycles. The standard InChI is InChI=1S/C27H34N4O7S2/c1-28-39(33,34)24-7-4-6-23(14-24)37-19-22(32)16-29-21-15-27(38-18-21)9-11-31(12-10-27)40(35,36)25-13-20-5-2-3-8-26(20)30-17-25/h2-8,13-14,17,21-22,28-29,32H,9-12,15-16,18-19H2,1H3/t21-,22+/m1/s1. The van der Waals surface area contributed by atoms with E-state index < -0.39 is 31.8 Å². The largest absolute Gasteiger partial charge is 0.491 e. The van der Waals surface area contributed by atoms with E-state index in [9.17, 15) is 21.9 Å². The molecule has 2 fully saturated rings. The van der Waals surface area contributed by atoms with Gasteiger partial charge >= 0.3 is 0 Å². The fraction of sp³-hybridized carbons (Fsp3) is 0.444. The number of sulfonamides is 2. The SMILES string of the molecule is CNS(=O)(=O)c1cccc(OC[C@@H](O)CN[C@H]2COC3(CCN(S(=O)(=O)c4cnc5ccccc5c4)CC3)C2)c1. The minimum absolute atomic E-state index is 0.00871. The van der Waals surface area contributed by atoms with Gasteiger partial charge in [-0.2, -0.15) is 4.31 Å². The molecule has 11 nitrogen and oxygen atoms in total. The Hall–Kier alpha value is -2.65. The highest BCUT2D eigenvalue weighted by molar-refractivity contribution is 7.89. The summed E-state index contributed by atoms with van der Waals surface area (Å²) in [6, 6.07) is 15.2. The fourth-order valence-electron chi connectivity index (χ4n) is 5.20. The molecule has 5 rings (SSSR count). The van der Waals surface area contributed by atoms with E-state index in [-0.39, 0.29) is 29.0 Å². The van der Waals surface area contributed by atoms with Crippen molar-refractivity contribution in [3.8, 4) is 5.75 Å². The van der Waals surface area contributed by atoms with Gasteiger partial charge in [0.2, 0.25) is 20.0 Å². The van der Waals surface area contributed by atoms with E-state index in [4.69, 9.17) is 9.47 Å². The number of nitrogens with zero attached hydrogens (tertiary/aromatic N) is 2. The number of aliphatic hydroxyl groups is 1. The first-order valence-electron chi connectivity index (χ1n) is 13.2. The van der Waals surface area contributed by atoms with Crippen LogP contribution in [0.3, 0.4) is 0 Å². The van der Waals surface area contributed by atoms with Crippen LogP contribution in [0.2, 0.25) is 0 Å². The molecule has 3 aromatic rings. The molecule has 0 bridgehead atoms. The van der Waals surface area contributed by atoms with Crippen molar-refractivity contribution < 1.29 is 31.4 Å². The van der Waals surface area contributed by atoms with E-state index in [2.05, 4.69) is 15.0 Å². The maximum absolute atomic E-state index is 13.3. The van der Waals surface area contributed by atoms with Crippen LogP contribution in [-0.2, 0) is 24.8 Å². The Morgan fingerprint density at radius 1 is 1.10 bits per heavy atom. The number of pyridine rings is 1. The lowest BCUT2D eigenvalue weighted by Gasteiger charge is -2.38. The average molecular weight is 591 g/mol. The monoisotopic (exact) mass is 590 g/mol. The zero-order valence-electron chi connectivity index (χ0n) is 22.2. The summed E-state index contributed by atoms with van der Waals surface area (Å²) in [5.74, 6) is 0.347. The van der Waals surface area contributed by atoms with Crippen LogP contribution in [0.1, 0.15) is 19.3 Å². The van der Waals surface area contributed by atoms with Crippen molar-refractivity contribution in [3.63, 3.8) is 0 Å². The molecule has 3 N–H and O–H groups in total. The minimum Gasteiger partial charge on any atom is -0.491 e. The summed E-state index contributed by atoms with van der Waals surface area (Å²) >= 11 is 0. The Morgan fingerprint density at radius 2 is 1.88 bits per heavy atom. The number of aromatic nitrogens is 1. The van der Waals surface area contributed by atoms with Crippen molar-refractivity contribution in [1.82, 2.24) is 19.3 Å². The predicted octanol–water partition coefficient (Wildman–Crippen LogP) is 1.48. The van der Waals surface area contributed by atoms with Crippen LogP contribution in [0.15, 0.2) is 70.6 Å². The lowest BCUT2D eigenvalue weighted by atomic mass is 9.88. The van der Waals surface area contributed by atoms with E-state index in [0.717, 1.165) is 17.3 Å². The van der Waals surface area contributed by atoms with Crippen molar-refractivity contribution in [3.05, 3.63) is 60.8 Å². The summed E-state index contributed by atoms with van der Waals surface area (Å²) in [5, 5.41) is 14.5. The van der Waals surface area contributed by atoms with Crippen molar-refractivity contribution in [2.45, 2.75) is 46.8 Å². The number of hydrogen-bond donors (Lipinski definition) is 3. The quantitative estimate of drug-likeness (QED) is 0.319. The zero-order valence-corrected chi connectivity index (χ0v) is 23.8. The van der Waals surface area contributed by atoms with Crippen LogP contribution >= 0.6 is 0 Å².